The lowest BCUT2D eigenvalue weighted by atomic mass is 9.99. The molecule has 3 heteroatoms. The van der Waals surface area contributed by atoms with Crippen LogP contribution < -0.4 is 5.73 Å². The summed E-state index contributed by atoms with van der Waals surface area (Å²) in [6, 6.07) is 14.2. The molecule has 1 aromatic heterocycles. The summed E-state index contributed by atoms with van der Waals surface area (Å²) in [6.45, 7) is 2.13. The van der Waals surface area contributed by atoms with Crippen LogP contribution in [-0.4, -0.2) is 0 Å². The van der Waals surface area contributed by atoms with E-state index >= 15 is 0 Å². The van der Waals surface area contributed by atoms with Gasteiger partial charge in [0.15, 0.2) is 0 Å². The predicted octanol–water partition coefficient (Wildman–Crippen LogP) is 3.35. The third-order valence-electron chi connectivity index (χ3n) is 2.63. The molecule has 0 aliphatic heterocycles. The molecule has 2 rings (SSSR count). The normalized spacial score (nSPS) is 12.0. The van der Waals surface area contributed by atoms with E-state index in [2.05, 4.69) is 25.1 Å². The van der Waals surface area contributed by atoms with Crippen LogP contribution >= 0.6 is 11.3 Å². The van der Waals surface area contributed by atoms with Gasteiger partial charge in [-0.05, 0) is 11.6 Å². The van der Waals surface area contributed by atoms with Crippen LogP contribution in [-0.2, 0) is 0 Å². The molecule has 0 bridgehead atoms. The zero-order chi connectivity index (χ0) is 11.5. The Morgan fingerprint density at radius 1 is 1.31 bits per heavy atom. The van der Waals surface area contributed by atoms with Crippen molar-refractivity contribution in [3.8, 4) is 6.07 Å². The summed E-state index contributed by atoms with van der Waals surface area (Å²) < 4.78 is 0. The first-order valence-corrected chi connectivity index (χ1v) is 5.88. The highest BCUT2D eigenvalue weighted by Gasteiger charge is 2.13. The Morgan fingerprint density at radius 2 is 2.00 bits per heavy atom. The minimum Gasteiger partial charge on any atom is -0.389 e. The van der Waals surface area contributed by atoms with Gasteiger partial charge in [0.2, 0.25) is 0 Å². The molecule has 16 heavy (non-hydrogen) atoms. The molecule has 1 aromatic carbocycles. The lowest BCUT2D eigenvalue weighted by Gasteiger charge is -2.08. The second-order valence-corrected chi connectivity index (χ2v) is 4.79. The zero-order valence-corrected chi connectivity index (χ0v) is 9.79. The van der Waals surface area contributed by atoms with Crippen LogP contribution in [0.25, 0.3) is 0 Å². The van der Waals surface area contributed by atoms with Crippen molar-refractivity contribution < 1.29 is 0 Å². The average Bonchev–Trinajstić information content (AvgIpc) is 2.71. The SMILES string of the molecule is CC(c1ccccc1)c1cc(C#N)c(N)s1. The van der Waals surface area contributed by atoms with Gasteiger partial charge in [-0.1, -0.05) is 37.3 Å². The van der Waals surface area contributed by atoms with Crippen LogP contribution in [0.5, 0.6) is 0 Å². The third-order valence-corrected chi connectivity index (χ3v) is 3.77. The predicted molar refractivity (Wildman–Crippen MR) is 67.4 cm³/mol. The first-order valence-electron chi connectivity index (χ1n) is 5.06. The maximum Gasteiger partial charge on any atom is 0.104 e. The van der Waals surface area contributed by atoms with Crippen molar-refractivity contribution in [1.82, 2.24) is 0 Å². The van der Waals surface area contributed by atoms with Crippen molar-refractivity contribution in [2.75, 3.05) is 5.73 Å². The van der Waals surface area contributed by atoms with E-state index in [4.69, 9.17) is 11.0 Å². The molecule has 0 spiro atoms. The highest BCUT2D eigenvalue weighted by atomic mass is 32.1. The molecule has 0 fully saturated rings. The number of hydrogen-bond acceptors (Lipinski definition) is 3. The minimum absolute atomic E-state index is 0.288. The van der Waals surface area contributed by atoms with Crippen molar-refractivity contribution >= 4 is 16.3 Å². The van der Waals surface area contributed by atoms with Gasteiger partial charge in [0.25, 0.3) is 0 Å². The van der Waals surface area contributed by atoms with Crippen molar-refractivity contribution in [3.05, 3.63) is 52.4 Å². The molecular formula is C13H12N2S. The van der Waals surface area contributed by atoms with Gasteiger partial charge in [-0.25, -0.2) is 0 Å². The summed E-state index contributed by atoms with van der Waals surface area (Å²) in [7, 11) is 0. The molecule has 1 heterocycles. The third kappa shape index (κ3) is 1.93. The molecule has 80 valence electrons. The first-order chi connectivity index (χ1) is 7.72. The molecule has 2 N–H and O–H groups in total. The Balaban J connectivity index is 2.35. The Labute approximate surface area is 99.0 Å². The number of nitrogens with zero attached hydrogens (tertiary/aromatic N) is 1. The molecule has 0 aliphatic carbocycles. The molecule has 0 saturated carbocycles. The smallest absolute Gasteiger partial charge is 0.104 e. The van der Waals surface area contributed by atoms with Crippen LogP contribution in [0.1, 0.15) is 28.8 Å². The summed E-state index contributed by atoms with van der Waals surface area (Å²) in [4.78, 5) is 1.14. The molecular weight excluding hydrogens is 216 g/mol. The van der Waals surface area contributed by atoms with E-state index in [0.717, 1.165) is 4.88 Å². The van der Waals surface area contributed by atoms with Gasteiger partial charge < -0.3 is 5.73 Å². The molecule has 1 unspecified atom stereocenters. The molecule has 0 radical (unpaired) electrons. The van der Waals surface area contributed by atoms with Crippen LogP contribution in [0, 0.1) is 11.3 Å². The quantitative estimate of drug-likeness (QED) is 0.856. The maximum atomic E-state index is 8.86. The Bertz CT molecular complexity index is 523. The molecule has 1 atom stereocenters. The summed E-state index contributed by atoms with van der Waals surface area (Å²) in [5.41, 5.74) is 7.59. The minimum atomic E-state index is 0.288. The fourth-order valence-corrected chi connectivity index (χ4v) is 2.59. The van der Waals surface area contributed by atoms with Gasteiger partial charge >= 0.3 is 0 Å². The van der Waals surface area contributed by atoms with Crippen molar-refractivity contribution in [1.29, 1.82) is 5.26 Å². The van der Waals surface area contributed by atoms with Crippen LogP contribution in [0.2, 0.25) is 0 Å². The van der Waals surface area contributed by atoms with E-state index < -0.39 is 0 Å². The van der Waals surface area contributed by atoms with Crippen LogP contribution in [0.15, 0.2) is 36.4 Å². The Morgan fingerprint density at radius 3 is 2.56 bits per heavy atom. The van der Waals surface area contributed by atoms with E-state index in [-0.39, 0.29) is 5.92 Å². The van der Waals surface area contributed by atoms with Gasteiger partial charge in [0, 0.05) is 10.8 Å². The van der Waals surface area contributed by atoms with Gasteiger partial charge in [0.05, 0.1) is 5.56 Å². The number of nitrogen functional groups attached to an aromatic ring is 1. The monoisotopic (exact) mass is 228 g/mol. The number of anilines is 1. The van der Waals surface area contributed by atoms with Crippen LogP contribution in [0.3, 0.4) is 0 Å². The van der Waals surface area contributed by atoms with E-state index in [1.54, 1.807) is 0 Å². The topological polar surface area (TPSA) is 49.8 Å². The number of rotatable bonds is 2. The number of nitrogens with two attached hydrogens (primary N) is 1. The summed E-state index contributed by atoms with van der Waals surface area (Å²) >= 11 is 1.50. The number of thiophene rings is 1. The number of benzene rings is 1. The highest BCUT2D eigenvalue weighted by molar-refractivity contribution is 7.16. The number of nitriles is 1. The van der Waals surface area contributed by atoms with E-state index in [0.29, 0.717) is 10.6 Å². The largest absolute Gasteiger partial charge is 0.389 e. The summed E-state index contributed by atoms with van der Waals surface area (Å²) in [5, 5.41) is 9.47. The second kappa shape index (κ2) is 4.38. The fourth-order valence-electron chi connectivity index (χ4n) is 1.63. The second-order valence-electron chi connectivity index (χ2n) is 3.67. The summed E-state index contributed by atoms with van der Waals surface area (Å²) in [6.07, 6.45) is 0. The lowest BCUT2D eigenvalue weighted by Crippen LogP contribution is -1.91. The van der Waals surface area contributed by atoms with Crippen molar-refractivity contribution in [3.63, 3.8) is 0 Å². The van der Waals surface area contributed by atoms with Gasteiger partial charge in [-0.2, -0.15) is 5.26 Å². The highest BCUT2D eigenvalue weighted by Crippen LogP contribution is 2.33. The van der Waals surface area contributed by atoms with Crippen LogP contribution in [0.4, 0.5) is 5.00 Å². The van der Waals surface area contributed by atoms with Gasteiger partial charge in [-0.15, -0.1) is 11.3 Å². The fraction of sp³-hybridized carbons (Fsp3) is 0.154. The average molecular weight is 228 g/mol. The molecule has 2 aromatic rings. The van der Waals surface area contributed by atoms with Gasteiger partial charge in [0.1, 0.15) is 11.1 Å². The first kappa shape index (κ1) is 10.7. The number of hydrogen-bond donors (Lipinski definition) is 1. The van der Waals surface area contributed by atoms with E-state index in [1.807, 2.05) is 24.3 Å². The molecule has 0 aliphatic rings. The lowest BCUT2D eigenvalue weighted by molar-refractivity contribution is 0.947. The molecule has 0 amide bonds. The van der Waals surface area contributed by atoms with E-state index in [1.165, 1.54) is 16.9 Å². The van der Waals surface area contributed by atoms with Gasteiger partial charge in [-0.3, -0.25) is 0 Å². The van der Waals surface area contributed by atoms with Crippen molar-refractivity contribution in [2.45, 2.75) is 12.8 Å². The zero-order valence-electron chi connectivity index (χ0n) is 8.97. The Hall–Kier alpha value is -1.79. The standard InChI is InChI=1S/C13H12N2S/c1-9(10-5-3-2-4-6-10)12-7-11(8-14)13(15)16-12/h2-7,9H,15H2,1H3. The molecule has 2 nitrogen and oxygen atoms in total. The van der Waals surface area contributed by atoms with E-state index in [9.17, 15) is 0 Å². The summed E-state index contributed by atoms with van der Waals surface area (Å²) in [5.74, 6) is 0.288. The van der Waals surface area contributed by atoms with Crippen molar-refractivity contribution in [2.24, 2.45) is 0 Å². The molecule has 0 saturated heterocycles. The maximum absolute atomic E-state index is 8.86. The Kier molecular flexibility index (Phi) is 2.93.